The van der Waals surface area contributed by atoms with Crippen molar-refractivity contribution in [2.45, 2.75) is 10.6 Å². The second kappa shape index (κ2) is 9.30. The van der Waals surface area contributed by atoms with E-state index >= 15 is 0 Å². The molecule has 29 heavy (non-hydrogen) atoms. The Morgan fingerprint density at radius 2 is 1.76 bits per heavy atom. The van der Waals surface area contributed by atoms with Crippen LogP contribution in [-0.2, 0) is 26.0 Å². The Morgan fingerprint density at radius 3 is 2.41 bits per heavy atom. The largest absolute Gasteiger partial charge is 0.347 e. The van der Waals surface area contributed by atoms with Crippen LogP contribution in [0.3, 0.4) is 0 Å². The SMILES string of the molecule is O=C(Cc1ccc(NS(=O)(=O)c2cccs2)cc1)NCC(=O)Nc1cccnc1. The summed E-state index contributed by atoms with van der Waals surface area (Å²) in [5.74, 6) is -0.678. The second-order valence-corrected chi connectivity index (χ2v) is 8.83. The van der Waals surface area contributed by atoms with E-state index in [1.165, 1.54) is 12.3 Å². The number of pyridine rings is 1. The van der Waals surface area contributed by atoms with Gasteiger partial charge in [0.2, 0.25) is 11.8 Å². The van der Waals surface area contributed by atoms with Crippen LogP contribution in [0.5, 0.6) is 0 Å². The molecule has 0 saturated heterocycles. The fourth-order valence-corrected chi connectivity index (χ4v) is 4.43. The van der Waals surface area contributed by atoms with Crippen LogP contribution in [-0.4, -0.2) is 31.8 Å². The molecule has 3 rings (SSSR count). The maximum atomic E-state index is 12.2. The Hall–Kier alpha value is -3.24. The first-order valence-corrected chi connectivity index (χ1v) is 10.9. The van der Waals surface area contributed by atoms with Crippen LogP contribution in [0.15, 0.2) is 70.5 Å². The fraction of sp³-hybridized carbons (Fsp3) is 0.105. The van der Waals surface area contributed by atoms with Crippen molar-refractivity contribution in [2.24, 2.45) is 0 Å². The zero-order valence-corrected chi connectivity index (χ0v) is 16.8. The summed E-state index contributed by atoms with van der Waals surface area (Å²) in [6.07, 6.45) is 3.17. The minimum Gasteiger partial charge on any atom is -0.347 e. The minimum atomic E-state index is -3.61. The molecule has 0 bridgehead atoms. The van der Waals surface area contributed by atoms with E-state index in [1.54, 1.807) is 54.0 Å². The van der Waals surface area contributed by atoms with Gasteiger partial charge in [0.1, 0.15) is 4.21 Å². The maximum absolute atomic E-state index is 12.2. The van der Waals surface area contributed by atoms with Gasteiger partial charge in [0.15, 0.2) is 0 Å². The number of hydrogen-bond acceptors (Lipinski definition) is 6. The summed E-state index contributed by atoms with van der Waals surface area (Å²) in [6.45, 7) is -0.160. The van der Waals surface area contributed by atoms with Crippen molar-refractivity contribution in [1.29, 1.82) is 0 Å². The van der Waals surface area contributed by atoms with Gasteiger partial charge in [0.25, 0.3) is 10.0 Å². The molecule has 150 valence electrons. The smallest absolute Gasteiger partial charge is 0.271 e. The Labute approximate surface area is 172 Å². The van der Waals surface area contributed by atoms with Gasteiger partial charge < -0.3 is 10.6 Å². The Bertz CT molecular complexity index is 1070. The van der Waals surface area contributed by atoms with Crippen molar-refractivity contribution < 1.29 is 18.0 Å². The van der Waals surface area contributed by atoms with Gasteiger partial charge in [0, 0.05) is 11.9 Å². The third-order valence-corrected chi connectivity index (χ3v) is 6.50. The molecule has 1 aromatic carbocycles. The number of hydrogen-bond donors (Lipinski definition) is 3. The monoisotopic (exact) mass is 430 g/mol. The maximum Gasteiger partial charge on any atom is 0.271 e. The van der Waals surface area contributed by atoms with Gasteiger partial charge in [-0.3, -0.25) is 19.3 Å². The van der Waals surface area contributed by atoms with Crippen LogP contribution in [0.2, 0.25) is 0 Å². The highest BCUT2D eigenvalue weighted by atomic mass is 32.2. The first kappa shape index (κ1) is 20.5. The molecule has 10 heteroatoms. The predicted octanol–water partition coefficient (Wildman–Crippen LogP) is 2.24. The Balaban J connectivity index is 1.48. The molecule has 0 aliphatic heterocycles. The molecule has 3 N–H and O–H groups in total. The summed E-state index contributed by atoms with van der Waals surface area (Å²) >= 11 is 1.13. The van der Waals surface area contributed by atoms with Crippen LogP contribution in [0, 0.1) is 0 Å². The summed E-state index contributed by atoms with van der Waals surface area (Å²) in [7, 11) is -3.61. The molecule has 0 unspecified atom stereocenters. The highest BCUT2D eigenvalue weighted by molar-refractivity contribution is 7.94. The van der Waals surface area contributed by atoms with E-state index in [1.807, 2.05) is 0 Å². The van der Waals surface area contributed by atoms with Crippen molar-refractivity contribution >= 4 is 44.5 Å². The quantitative estimate of drug-likeness (QED) is 0.507. The number of nitrogens with one attached hydrogen (secondary N) is 3. The number of benzene rings is 1. The van der Waals surface area contributed by atoms with E-state index in [-0.39, 0.29) is 29.0 Å². The van der Waals surface area contributed by atoms with E-state index in [4.69, 9.17) is 0 Å². The third kappa shape index (κ3) is 6.13. The number of carbonyl (C=O) groups excluding carboxylic acids is 2. The van der Waals surface area contributed by atoms with Crippen LogP contribution in [0.1, 0.15) is 5.56 Å². The average molecular weight is 431 g/mol. The zero-order valence-electron chi connectivity index (χ0n) is 15.2. The number of amides is 2. The second-order valence-electron chi connectivity index (χ2n) is 5.98. The Morgan fingerprint density at radius 1 is 0.966 bits per heavy atom. The predicted molar refractivity (Wildman–Crippen MR) is 111 cm³/mol. The number of aromatic nitrogens is 1. The molecule has 0 spiro atoms. The summed E-state index contributed by atoms with van der Waals surface area (Å²) in [5, 5.41) is 6.85. The number of nitrogens with zero attached hydrogens (tertiary/aromatic N) is 1. The van der Waals surface area contributed by atoms with Gasteiger partial charge in [-0.25, -0.2) is 8.42 Å². The molecule has 2 heterocycles. The van der Waals surface area contributed by atoms with Crippen molar-refractivity contribution in [1.82, 2.24) is 10.3 Å². The third-order valence-electron chi connectivity index (χ3n) is 3.72. The van der Waals surface area contributed by atoms with Crippen molar-refractivity contribution in [2.75, 3.05) is 16.6 Å². The van der Waals surface area contributed by atoms with Crippen LogP contribution < -0.4 is 15.4 Å². The van der Waals surface area contributed by atoms with E-state index in [9.17, 15) is 18.0 Å². The molecule has 2 aromatic heterocycles. The standard InChI is InChI=1S/C19H18N4O4S2/c24-17(21-13-18(25)22-16-3-1-9-20-12-16)11-14-5-7-15(8-6-14)23-29(26,27)19-4-2-10-28-19/h1-10,12,23H,11,13H2,(H,21,24)(H,22,25). The van der Waals surface area contributed by atoms with E-state index in [0.29, 0.717) is 16.9 Å². The number of anilines is 2. The molecule has 0 radical (unpaired) electrons. The number of sulfonamides is 1. The first-order chi connectivity index (χ1) is 13.9. The molecule has 0 atom stereocenters. The van der Waals surface area contributed by atoms with Gasteiger partial charge >= 0.3 is 0 Å². The van der Waals surface area contributed by atoms with Gasteiger partial charge in [-0.15, -0.1) is 11.3 Å². The van der Waals surface area contributed by atoms with Crippen molar-refractivity contribution in [3.8, 4) is 0 Å². The van der Waals surface area contributed by atoms with E-state index < -0.39 is 10.0 Å². The molecular formula is C19H18N4O4S2. The molecule has 2 amide bonds. The molecular weight excluding hydrogens is 412 g/mol. The number of thiophene rings is 1. The van der Waals surface area contributed by atoms with E-state index in [2.05, 4.69) is 20.3 Å². The van der Waals surface area contributed by atoms with Crippen LogP contribution >= 0.6 is 11.3 Å². The topological polar surface area (TPSA) is 117 Å². The lowest BCUT2D eigenvalue weighted by molar-refractivity contribution is -0.123. The lowest BCUT2D eigenvalue weighted by Crippen LogP contribution is -2.33. The van der Waals surface area contributed by atoms with Gasteiger partial charge in [-0.1, -0.05) is 18.2 Å². The lowest BCUT2D eigenvalue weighted by Gasteiger charge is -2.08. The fourth-order valence-electron chi connectivity index (χ4n) is 2.38. The molecule has 3 aromatic rings. The average Bonchev–Trinajstić information content (AvgIpc) is 3.25. The lowest BCUT2D eigenvalue weighted by atomic mass is 10.1. The Kier molecular flexibility index (Phi) is 6.57. The highest BCUT2D eigenvalue weighted by Crippen LogP contribution is 2.20. The summed E-state index contributed by atoms with van der Waals surface area (Å²) in [6, 6.07) is 13.1. The van der Waals surface area contributed by atoms with Crippen molar-refractivity contribution in [3.05, 3.63) is 71.9 Å². The van der Waals surface area contributed by atoms with E-state index in [0.717, 1.165) is 11.3 Å². The zero-order chi connectivity index (χ0) is 20.7. The minimum absolute atomic E-state index is 0.0676. The number of rotatable bonds is 8. The van der Waals surface area contributed by atoms with Crippen LogP contribution in [0.4, 0.5) is 11.4 Å². The van der Waals surface area contributed by atoms with Crippen LogP contribution in [0.25, 0.3) is 0 Å². The molecule has 0 saturated carbocycles. The first-order valence-electron chi connectivity index (χ1n) is 8.54. The summed E-state index contributed by atoms with van der Waals surface area (Å²) < 4.78 is 27.1. The van der Waals surface area contributed by atoms with Crippen molar-refractivity contribution in [3.63, 3.8) is 0 Å². The summed E-state index contributed by atoms with van der Waals surface area (Å²) in [5.41, 5.74) is 1.64. The molecule has 0 aliphatic carbocycles. The molecule has 8 nitrogen and oxygen atoms in total. The normalized spacial score (nSPS) is 10.9. The highest BCUT2D eigenvalue weighted by Gasteiger charge is 2.15. The summed E-state index contributed by atoms with van der Waals surface area (Å²) in [4.78, 5) is 27.7. The molecule has 0 aliphatic rings. The van der Waals surface area contributed by atoms with Gasteiger partial charge in [-0.05, 0) is 41.3 Å². The van der Waals surface area contributed by atoms with Gasteiger partial charge in [0.05, 0.1) is 24.8 Å². The molecule has 0 fully saturated rings. The van der Waals surface area contributed by atoms with Gasteiger partial charge in [-0.2, -0.15) is 0 Å². The number of carbonyl (C=O) groups is 2.